The molecule has 0 aromatic heterocycles. The second-order valence-electron chi connectivity index (χ2n) is 4.69. The quantitative estimate of drug-likeness (QED) is 0.329. The minimum Gasteiger partial charge on any atom is -0.347 e. The van der Waals surface area contributed by atoms with Gasteiger partial charge in [0.1, 0.15) is 6.29 Å². The van der Waals surface area contributed by atoms with Crippen LogP contribution in [-0.4, -0.2) is 18.2 Å². The van der Waals surface area contributed by atoms with Crippen LogP contribution in [0.2, 0.25) is 0 Å². The summed E-state index contributed by atoms with van der Waals surface area (Å²) >= 11 is 0. The fourth-order valence-corrected chi connectivity index (χ4v) is 1.87. The molecule has 1 N–H and O–H groups in total. The number of hydrogen-bond acceptors (Lipinski definition) is 2. The Morgan fingerprint density at radius 2 is 1.89 bits per heavy atom. The molecule has 3 nitrogen and oxygen atoms in total. The molecule has 1 amide bonds. The van der Waals surface area contributed by atoms with E-state index >= 15 is 0 Å². The molecule has 0 aliphatic heterocycles. The van der Waals surface area contributed by atoms with Crippen LogP contribution in [0.5, 0.6) is 0 Å². The molecule has 0 saturated heterocycles. The molecule has 1 atom stereocenters. The number of carbonyl (C=O) groups is 2. The van der Waals surface area contributed by atoms with Gasteiger partial charge >= 0.3 is 0 Å². The van der Waals surface area contributed by atoms with Crippen LogP contribution in [0.3, 0.4) is 0 Å². The Kier molecular flexibility index (Phi) is 11.6. The monoisotopic (exact) mass is 253 g/mol. The van der Waals surface area contributed by atoms with Crippen molar-refractivity contribution in [3.05, 3.63) is 12.7 Å². The average molecular weight is 253 g/mol. The zero-order valence-electron chi connectivity index (χ0n) is 11.6. The van der Waals surface area contributed by atoms with Crippen LogP contribution < -0.4 is 5.32 Å². The fraction of sp³-hybridized carbons (Fsp3) is 0.733. The van der Waals surface area contributed by atoms with Gasteiger partial charge in [0.15, 0.2) is 0 Å². The van der Waals surface area contributed by atoms with Crippen molar-refractivity contribution in [3.8, 4) is 0 Å². The third-order valence-corrected chi connectivity index (χ3v) is 2.92. The third-order valence-electron chi connectivity index (χ3n) is 2.92. The van der Waals surface area contributed by atoms with E-state index in [-0.39, 0.29) is 11.9 Å². The van der Waals surface area contributed by atoms with Crippen molar-refractivity contribution in [1.82, 2.24) is 5.32 Å². The van der Waals surface area contributed by atoms with E-state index in [1.165, 1.54) is 19.3 Å². The largest absolute Gasteiger partial charge is 0.347 e. The average Bonchev–Trinajstić information content (AvgIpc) is 2.37. The summed E-state index contributed by atoms with van der Waals surface area (Å²) in [5.41, 5.74) is 0. The smallest absolute Gasteiger partial charge is 0.220 e. The molecule has 0 heterocycles. The van der Waals surface area contributed by atoms with Crippen LogP contribution in [0.1, 0.15) is 64.7 Å². The van der Waals surface area contributed by atoms with Gasteiger partial charge in [-0.3, -0.25) is 4.79 Å². The lowest BCUT2D eigenvalue weighted by Crippen LogP contribution is -2.35. The van der Waals surface area contributed by atoms with Crippen LogP contribution in [0.15, 0.2) is 12.7 Å². The van der Waals surface area contributed by atoms with Gasteiger partial charge in [-0.15, -0.1) is 6.58 Å². The zero-order chi connectivity index (χ0) is 13.6. The first-order valence-corrected chi connectivity index (χ1v) is 7.10. The van der Waals surface area contributed by atoms with E-state index in [4.69, 9.17) is 0 Å². The van der Waals surface area contributed by atoms with Crippen molar-refractivity contribution >= 4 is 12.2 Å². The van der Waals surface area contributed by atoms with Crippen molar-refractivity contribution in [2.75, 3.05) is 0 Å². The Morgan fingerprint density at radius 3 is 2.50 bits per heavy atom. The van der Waals surface area contributed by atoms with Crippen molar-refractivity contribution in [2.24, 2.45) is 0 Å². The third kappa shape index (κ3) is 10.1. The lowest BCUT2D eigenvalue weighted by Gasteiger charge is -2.11. The standard InChI is InChI=1S/C15H27NO2/c1-3-5-6-7-8-9-10-12-15(18)16-14(13-17)11-4-2/h3,13-14H,1,4-12H2,2H3,(H,16,18). The van der Waals surface area contributed by atoms with Gasteiger partial charge in [0, 0.05) is 6.42 Å². The number of allylic oxidation sites excluding steroid dienone is 1. The highest BCUT2D eigenvalue weighted by Crippen LogP contribution is 2.07. The molecule has 0 aromatic carbocycles. The maximum Gasteiger partial charge on any atom is 0.220 e. The topological polar surface area (TPSA) is 46.2 Å². The van der Waals surface area contributed by atoms with Crippen molar-refractivity contribution in [3.63, 3.8) is 0 Å². The number of rotatable bonds is 12. The van der Waals surface area contributed by atoms with Crippen LogP contribution in [0.25, 0.3) is 0 Å². The van der Waals surface area contributed by atoms with Gasteiger partial charge in [-0.2, -0.15) is 0 Å². The summed E-state index contributed by atoms with van der Waals surface area (Å²) in [5, 5.41) is 2.76. The first kappa shape index (κ1) is 16.9. The van der Waals surface area contributed by atoms with Crippen molar-refractivity contribution < 1.29 is 9.59 Å². The van der Waals surface area contributed by atoms with E-state index in [0.717, 1.165) is 38.4 Å². The summed E-state index contributed by atoms with van der Waals surface area (Å²) in [5.74, 6) is 0.00615. The molecular formula is C15H27NO2. The number of amides is 1. The van der Waals surface area contributed by atoms with Crippen LogP contribution in [0, 0.1) is 0 Å². The Hall–Kier alpha value is -1.12. The minimum absolute atomic E-state index is 0.00615. The highest BCUT2D eigenvalue weighted by Gasteiger charge is 2.09. The molecule has 0 fully saturated rings. The van der Waals surface area contributed by atoms with Gasteiger partial charge in [-0.25, -0.2) is 0 Å². The molecule has 0 saturated carbocycles. The van der Waals surface area contributed by atoms with E-state index in [1.54, 1.807) is 0 Å². The molecule has 0 aliphatic rings. The summed E-state index contributed by atoms with van der Waals surface area (Å²) in [6.45, 7) is 5.69. The van der Waals surface area contributed by atoms with Gasteiger partial charge in [0.05, 0.1) is 6.04 Å². The predicted molar refractivity (Wildman–Crippen MR) is 75.4 cm³/mol. The highest BCUT2D eigenvalue weighted by atomic mass is 16.2. The van der Waals surface area contributed by atoms with Crippen LogP contribution in [0.4, 0.5) is 0 Å². The molecule has 1 unspecified atom stereocenters. The van der Waals surface area contributed by atoms with Gasteiger partial charge in [-0.1, -0.05) is 38.7 Å². The molecule has 0 radical (unpaired) electrons. The molecule has 0 rings (SSSR count). The molecule has 104 valence electrons. The highest BCUT2D eigenvalue weighted by molar-refractivity contribution is 5.79. The number of unbranched alkanes of at least 4 members (excludes halogenated alkanes) is 5. The predicted octanol–water partition coefficient (Wildman–Crippen LogP) is 3.39. The number of carbonyl (C=O) groups excluding carboxylic acids is 2. The molecule has 0 aromatic rings. The minimum atomic E-state index is -0.296. The lowest BCUT2D eigenvalue weighted by atomic mass is 10.1. The molecule has 0 bridgehead atoms. The van der Waals surface area contributed by atoms with Crippen molar-refractivity contribution in [2.45, 2.75) is 70.8 Å². The van der Waals surface area contributed by atoms with Gasteiger partial charge in [-0.05, 0) is 25.7 Å². The first-order valence-electron chi connectivity index (χ1n) is 7.10. The summed E-state index contributed by atoms with van der Waals surface area (Å²) in [6, 6.07) is -0.296. The SMILES string of the molecule is C=CCCCCCCCC(=O)NC(C=O)CCC. The number of nitrogens with one attached hydrogen (secondary N) is 1. The van der Waals surface area contributed by atoms with E-state index < -0.39 is 0 Å². The Labute approximate surface area is 111 Å². The molecule has 18 heavy (non-hydrogen) atoms. The maximum absolute atomic E-state index is 11.5. The summed E-state index contributed by atoms with van der Waals surface area (Å²) in [7, 11) is 0. The van der Waals surface area contributed by atoms with E-state index in [9.17, 15) is 9.59 Å². The maximum atomic E-state index is 11.5. The lowest BCUT2D eigenvalue weighted by molar-refractivity contribution is -0.124. The summed E-state index contributed by atoms with van der Waals surface area (Å²) < 4.78 is 0. The Balaban J connectivity index is 3.46. The Morgan fingerprint density at radius 1 is 1.22 bits per heavy atom. The second-order valence-corrected chi connectivity index (χ2v) is 4.69. The van der Waals surface area contributed by atoms with E-state index in [2.05, 4.69) is 11.9 Å². The fourth-order valence-electron chi connectivity index (χ4n) is 1.87. The Bertz CT molecular complexity index is 239. The van der Waals surface area contributed by atoms with Crippen molar-refractivity contribution in [1.29, 1.82) is 0 Å². The first-order chi connectivity index (χ1) is 8.74. The van der Waals surface area contributed by atoms with Crippen LogP contribution >= 0.6 is 0 Å². The number of aldehydes is 1. The normalized spacial score (nSPS) is 11.8. The molecule has 0 aliphatic carbocycles. The van der Waals surface area contributed by atoms with Crippen LogP contribution in [-0.2, 0) is 9.59 Å². The van der Waals surface area contributed by atoms with Gasteiger partial charge < -0.3 is 10.1 Å². The molecular weight excluding hydrogens is 226 g/mol. The number of hydrogen-bond donors (Lipinski definition) is 1. The summed E-state index contributed by atoms with van der Waals surface area (Å²) in [4.78, 5) is 22.2. The van der Waals surface area contributed by atoms with E-state index in [0.29, 0.717) is 6.42 Å². The van der Waals surface area contributed by atoms with Gasteiger partial charge in [0.2, 0.25) is 5.91 Å². The van der Waals surface area contributed by atoms with Gasteiger partial charge in [0.25, 0.3) is 0 Å². The summed E-state index contributed by atoms with van der Waals surface area (Å²) in [6.07, 6.45) is 11.6. The molecule has 3 heteroatoms. The second kappa shape index (κ2) is 12.3. The van der Waals surface area contributed by atoms with E-state index in [1.807, 2.05) is 13.0 Å². The molecule has 0 spiro atoms. The zero-order valence-corrected chi connectivity index (χ0v) is 11.6.